The number of anilines is 1. The molecule has 118 valence electrons. The predicted octanol–water partition coefficient (Wildman–Crippen LogP) is 4.58. The summed E-state index contributed by atoms with van der Waals surface area (Å²) in [7, 11) is 0. The fourth-order valence-corrected chi connectivity index (χ4v) is 3.07. The number of aliphatic hydroxyl groups is 1. The van der Waals surface area contributed by atoms with Crippen LogP contribution in [-0.2, 0) is 0 Å². The Hall–Kier alpha value is -1.91. The molecule has 0 amide bonds. The number of benzene rings is 2. The van der Waals surface area contributed by atoms with Crippen LogP contribution in [0.5, 0.6) is 0 Å². The maximum Gasteiger partial charge on any atom is 0.126 e. The molecule has 23 heavy (non-hydrogen) atoms. The molecule has 1 heterocycles. The van der Waals surface area contributed by atoms with Crippen molar-refractivity contribution in [1.29, 1.82) is 0 Å². The Morgan fingerprint density at radius 1 is 1.04 bits per heavy atom. The zero-order valence-corrected chi connectivity index (χ0v) is 14.3. The Morgan fingerprint density at radius 2 is 1.87 bits per heavy atom. The van der Waals surface area contributed by atoms with E-state index in [1.54, 1.807) is 0 Å². The lowest BCUT2D eigenvalue weighted by Gasteiger charge is -2.17. The summed E-state index contributed by atoms with van der Waals surface area (Å²) in [5.41, 5.74) is 2.20. The number of rotatable bonds is 6. The maximum atomic E-state index is 9.31. The number of hydrogen-bond acceptors (Lipinski definition) is 3. The van der Waals surface area contributed by atoms with E-state index in [4.69, 9.17) is 0 Å². The molecule has 2 N–H and O–H groups in total. The quantitative estimate of drug-likeness (QED) is 0.667. The van der Waals surface area contributed by atoms with Crippen LogP contribution in [-0.4, -0.2) is 23.2 Å². The summed E-state index contributed by atoms with van der Waals surface area (Å²) in [5, 5.41) is 13.8. The molecule has 0 radical (unpaired) electrons. The zero-order chi connectivity index (χ0) is 16.1. The van der Waals surface area contributed by atoms with Gasteiger partial charge < -0.3 is 10.4 Å². The number of nitrogens with zero attached hydrogens (tertiary/aromatic N) is 1. The molecule has 0 spiro atoms. The first-order valence-corrected chi connectivity index (χ1v) is 8.51. The molecule has 0 saturated carbocycles. The topological polar surface area (TPSA) is 45.1 Å². The second-order valence-corrected chi connectivity index (χ2v) is 6.45. The van der Waals surface area contributed by atoms with E-state index in [0.29, 0.717) is 0 Å². The minimum Gasteiger partial charge on any atom is -0.396 e. The minimum atomic E-state index is 0.181. The van der Waals surface area contributed by atoms with Crippen LogP contribution >= 0.6 is 15.9 Å². The second kappa shape index (κ2) is 7.57. The highest BCUT2D eigenvalue weighted by molar-refractivity contribution is 9.10. The highest BCUT2D eigenvalue weighted by atomic mass is 79.9. The third-order valence-electron chi connectivity index (χ3n) is 3.93. The molecule has 1 aromatic heterocycles. The van der Waals surface area contributed by atoms with Gasteiger partial charge >= 0.3 is 0 Å². The summed E-state index contributed by atoms with van der Waals surface area (Å²) in [6.07, 6.45) is 0.734. The molecular weight excluding hydrogens is 352 g/mol. The van der Waals surface area contributed by atoms with Gasteiger partial charge in [-0.05, 0) is 42.3 Å². The summed E-state index contributed by atoms with van der Waals surface area (Å²) in [6, 6.07) is 20.4. The second-order valence-electron chi connectivity index (χ2n) is 5.53. The monoisotopic (exact) mass is 370 g/mol. The summed E-state index contributed by atoms with van der Waals surface area (Å²) in [5.74, 6) is 1.13. The van der Waals surface area contributed by atoms with Crippen LogP contribution in [0.1, 0.15) is 17.9 Å². The first-order chi connectivity index (χ1) is 11.3. The van der Waals surface area contributed by atoms with Gasteiger partial charge in [0.25, 0.3) is 0 Å². The third kappa shape index (κ3) is 4.09. The van der Waals surface area contributed by atoms with Crippen molar-refractivity contribution in [2.75, 3.05) is 18.5 Å². The molecule has 3 aromatic rings. The highest BCUT2D eigenvalue weighted by Gasteiger charge is 2.11. The van der Waals surface area contributed by atoms with Crippen molar-refractivity contribution in [1.82, 2.24) is 4.98 Å². The maximum absolute atomic E-state index is 9.31. The molecule has 2 aromatic carbocycles. The molecule has 0 aliphatic carbocycles. The fraction of sp³-hybridized carbons (Fsp3) is 0.211. The number of hydrogen-bond donors (Lipinski definition) is 2. The van der Waals surface area contributed by atoms with Gasteiger partial charge in [-0.25, -0.2) is 4.98 Å². The molecule has 0 saturated heterocycles. The Balaban J connectivity index is 1.74. The normalized spacial score (nSPS) is 12.3. The van der Waals surface area contributed by atoms with Crippen LogP contribution in [0, 0.1) is 0 Å². The van der Waals surface area contributed by atoms with Gasteiger partial charge in [-0.3, -0.25) is 0 Å². The summed E-state index contributed by atoms with van der Waals surface area (Å²) < 4.78 is 1.06. The standard InChI is InChI=1S/C19H19BrN2O/c20-17-7-8-18-15(12-17)6-9-19(22-18)21-13-16(10-11-23)14-4-2-1-3-5-14/h1-9,12,16,23H,10-11,13H2,(H,21,22). The first kappa shape index (κ1) is 16.0. The van der Waals surface area contributed by atoms with Gasteiger partial charge in [0.1, 0.15) is 5.82 Å². The Morgan fingerprint density at radius 3 is 2.65 bits per heavy atom. The average Bonchev–Trinajstić information content (AvgIpc) is 2.59. The molecule has 0 fully saturated rings. The van der Waals surface area contributed by atoms with Gasteiger partial charge in [0.05, 0.1) is 5.52 Å². The van der Waals surface area contributed by atoms with Crippen LogP contribution in [0.2, 0.25) is 0 Å². The SMILES string of the molecule is OCCC(CNc1ccc2cc(Br)ccc2n1)c1ccccc1. The van der Waals surface area contributed by atoms with Crippen molar-refractivity contribution >= 4 is 32.7 Å². The highest BCUT2D eigenvalue weighted by Crippen LogP contribution is 2.22. The lowest BCUT2D eigenvalue weighted by atomic mass is 9.96. The predicted molar refractivity (Wildman–Crippen MR) is 98.8 cm³/mol. The van der Waals surface area contributed by atoms with Gasteiger partial charge in [0.2, 0.25) is 0 Å². The molecule has 1 unspecified atom stereocenters. The lowest BCUT2D eigenvalue weighted by Crippen LogP contribution is -2.14. The zero-order valence-electron chi connectivity index (χ0n) is 12.7. The summed E-state index contributed by atoms with van der Waals surface area (Å²) in [6.45, 7) is 0.931. The van der Waals surface area contributed by atoms with E-state index in [0.717, 1.165) is 34.2 Å². The van der Waals surface area contributed by atoms with Gasteiger partial charge in [0, 0.05) is 28.9 Å². The van der Waals surface area contributed by atoms with Crippen LogP contribution in [0.3, 0.4) is 0 Å². The number of fused-ring (bicyclic) bond motifs is 1. The first-order valence-electron chi connectivity index (χ1n) is 7.72. The van der Waals surface area contributed by atoms with E-state index in [-0.39, 0.29) is 12.5 Å². The van der Waals surface area contributed by atoms with Crippen LogP contribution in [0.25, 0.3) is 10.9 Å². The van der Waals surface area contributed by atoms with Crippen molar-refractivity contribution in [2.24, 2.45) is 0 Å². The molecule has 0 bridgehead atoms. The van der Waals surface area contributed by atoms with E-state index in [1.807, 2.05) is 36.4 Å². The molecule has 0 aliphatic heterocycles. The van der Waals surface area contributed by atoms with Gasteiger partial charge in [-0.15, -0.1) is 0 Å². The molecule has 3 nitrogen and oxygen atoms in total. The fourth-order valence-electron chi connectivity index (χ4n) is 2.69. The summed E-state index contributed by atoms with van der Waals surface area (Å²) >= 11 is 3.48. The van der Waals surface area contributed by atoms with Crippen molar-refractivity contribution in [2.45, 2.75) is 12.3 Å². The average molecular weight is 371 g/mol. The van der Waals surface area contributed by atoms with Crippen molar-refractivity contribution in [3.63, 3.8) is 0 Å². The smallest absolute Gasteiger partial charge is 0.126 e. The Labute approximate surface area is 144 Å². The number of aliphatic hydroxyl groups excluding tert-OH is 1. The third-order valence-corrected chi connectivity index (χ3v) is 4.42. The van der Waals surface area contributed by atoms with Gasteiger partial charge in [0.15, 0.2) is 0 Å². The van der Waals surface area contributed by atoms with E-state index in [9.17, 15) is 5.11 Å². The van der Waals surface area contributed by atoms with Crippen molar-refractivity contribution < 1.29 is 5.11 Å². The molecule has 3 rings (SSSR count). The molecular formula is C19H19BrN2O. The lowest BCUT2D eigenvalue weighted by molar-refractivity contribution is 0.277. The molecule has 1 atom stereocenters. The molecule has 4 heteroatoms. The largest absolute Gasteiger partial charge is 0.396 e. The van der Waals surface area contributed by atoms with E-state index < -0.39 is 0 Å². The minimum absolute atomic E-state index is 0.181. The van der Waals surface area contributed by atoms with E-state index >= 15 is 0 Å². The number of aromatic nitrogens is 1. The number of halogens is 1. The summed E-state index contributed by atoms with van der Waals surface area (Å²) in [4.78, 5) is 4.65. The van der Waals surface area contributed by atoms with Crippen LogP contribution in [0.15, 0.2) is 65.1 Å². The van der Waals surface area contributed by atoms with Crippen molar-refractivity contribution in [3.8, 4) is 0 Å². The number of nitrogens with one attached hydrogen (secondary N) is 1. The van der Waals surface area contributed by atoms with Crippen molar-refractivity contribution in [3.05, 3.63) is 70.7 Å². The van der Waals surface area contributed by atoms with Gasteiger partial charge in [-0.2, -0.15) is 0 Å². The van der Waals surface area contributed by atoms with E-state index in [2.05, 4.69) is 50.5 Å². The van der Waals surface area contributed by atoms with Crippen LogP contribution < -0.4 is 5.32 Å². The van der Waals surface area contributed by atoms with Crippen LogP contribution in [0.4, 0.5) is 5.82 Å². The molecule has 0 aliphatic rings. The van der Waals surface area contributed by atoms with Gasteiger partial charge in [-0.1, -0.05) is 46.3 Å². The Kier molecular flexibility index (Phi) is 5.26. The van der Waals surface area contributed by atoms with E-state index in [1.165, 1.54) is 5.56 Å². The Bertz CT molecular complexity index is 777. The number of pyridine rings is 1.